The first-order valence-electron chi connectivity index (χ1n) is 7.60. The van der Waals surface area contributed by atoms with E-state index in [2.05, 4.69) is 19.0 Å². The summed E-state index contributed by atoms with van der Waals surface area (Å²) in [5.41, 5.74) is 7.95. The second kappa shape index (κ2) is 7.16. The lowest BCUT2D eigenvalue weighted by atomic mass is 9.91. The lowest BCUT2D eigenvalue weighted by Crippen LogP contribution is -1.99. The van der Waals surface area contributed by atoms with Gasteiger partial charge in [0.25, 0.3) is 0 Å². The summed E-state index contributed by atoms with van der Waals surface area (Å²) in [6, 6.07) is 7.86. The minimum absolute atomic E-state index is 0.357. The number of hydrogen-bond acceptors (Lipinski definition) is 4. The molecule has 4 heteroatoms. The maximum absolute atomic E-state index is 6.04. The molecule has 114 valence electrons. The van der Waals surface area contributed by atoms with E-state index in [4.69, 9.17) is 15.0 Å². The number of nitrogens with two attached hydrogens (primary N) is 1. The summed E-state index contributed by atoms with van der Waals surface area (Å²) in [7, 11) is 1.66. The summed E-state index contributed by atoms with van der Waals surface area (Å²) in [5.74, 6) is 2.52. The Morgan fingerprint density at radius 1 is 1.33 bits per heavy atom. The number of nitrogen functional groups attached to an aromatic ring is 1. The molecule has 4 nitrogen and oxygen atoms in total. The van der Waals surface area contributed by atoms with Crippen LogP contribution in [-0.4, -0.2) is 12.3 Å². The van der Waals surface area contributed by atoms with Gasteiger partial charge in [0.05, 0.1) is 12.7 Å². The van der Waals surface area contributed by atoms with Crippen LogP contribution in [-0.2, 0) is 0 Å². The molecule has 0 fully saturated rings. The highest BCUT2D eigenvalue weighted by Gasteiger charge is 2.23. The van der Waals surface area contributed by atoms with Crippen molar-refractivity contribution >= 4 is 5.82 Å². The third kappa shape index (κ3) is 3.38. The molecule has 0 amide bonds. The minimum atomic E-state index is 0.357. The van der Waals surface area contributed by atoms with Crippen LogP contribution in [0.2, 0.25) is 0 Å². The van der Waals surface area contributed by atoms with Crippen molar-refractivity contribution in [3.05, 3.63) is 30.0 Å². The van der Waals surface area contributed by atoms with Gasteiger partial charge >= 0.3 is 0 Å². The molecule has 1 aromatic carbocycles. The number of aromatic nitrogens is 1. The van der Waals surface area contributed by atoms with E-state index in [9.17, 15) is 0 Å². The van der Waals surface area contributed by atoms with E-state index < -0.39 is 0 Å². The molecular weight excluding hydrogens is 264 g/mol. The predicted octanol–water partition coefficient (Wildman–Crippen LogP) is 4.62. The van der Waals surface area contributed by atoms with Crippen molar-refractivity contribution < 1.29 is 9.26 Å². The smallest absolute Gasteiger partial charge is 0.175 e. The van der Waals surface area contributed by atoms with Crippen LogP contribution in [0.3, 0.4) is 0 Å². The van der Waals surface area contributed by atoms with Crippen LogP contribution in [0.25, 0.3) is 11.1 Å². The third-order valence-electron chi connectivity index (χ3n) is 3.87. The van der Waals surface area contributed by atoms with Gasteiger partial charge in [-0.15, -0.1) is 0 Å². The van der Waals surface area contributed by atoms with Gasteiger partial charge in [0.15, 0.2) is 5.82 Å². The second-order valence-electron chi connectivity index (χ2n) is 5.29. The van der Waals surface area contributed by atoms with E-state index in [-0.39, 0.29) is 0 Å². The minimum Gasteiger partial charge on any atom is -0.497 e. The maximum atomic E-state index is 6.04. The maximum Gasteiger partial charge on any atom is 0.175 e. The number of ether oxygens (including phenoxy) is 1. The Bertz CT molecular complexity index is 578. The Kier molecular flexibility index (Phi) is 5.26. The van der Waals surface area contributed by atoms with E-state index >= 15 is 0 Å². The molecule has 0 aliphatic rings. The molecule has 0 bridgehead atoms. The van der Waals surface area contributed by atoms with E-state index in [1.165, 1.54) is 12.8 Å². The average molecular weight is 288 g/mol. The molecule has 0 aliphatic heterocycles. The third-order valence-corrected chi connectivity index (χ3v) is 3.87. The largest absolute Gasteiger partial charge is 0.497 e. The molecule has 1 atom stereocenters. The van der Waals surface area contributed by atoms with Crippen molar-refractivity contribution in [2.75, 3.05) is 12.8 Å². The quantitative estimate of drug-likeness (QED) is 0.807. The number of benzene rings is 1. The van der Waals surface area contributed by atoms with Crippen molar-refractivity contribution in [2.45, 2.75) is 45.4 Å². The van der Waals surface area contributed by atoms with Crippen molar-refractivity contribution in [1.29, 1.82) is 0 Å². The first kappa shape index (κ1) is 15.4. The van der Waals surface area contributed by atoms with Gasteiger partial charge < -0.3 is 15.0 Å². The van der Waals surface area contributed by atoms with Crippen molar-refractivity contribution in [2.24, 2.45) is 0 Å². The normalized spacial score (nSPS) is 12.3. The summed E-state index contributed by atoms with van der Waals surface area (Å²) in [5, 5.41) is 3.99. The molecule has 0 saturated heterocycles. The Balaban J connectivity index is 2.40. The van der Waals surface area contributed by atoms with Crippen LogP contribution in [0.1, 0.15) is 51.2 Å². The number of rotatable bonds is 7. The summed E-state index contributed by atoms with van der Waals surface area (Å²) in [6.45, 7) is 4.37. The lowest BCUT2D eigenvalue weighted by Gasteiger charge is -2.13. The summed E-state index contributed by atoms with van der Waals surface area (Å²) in [4.78, 5) is 0. The molecule has 0 saturated carbocycles. The van der Waals surface area contributed by atoms with E-state index in [0.29, 0.717) is 11.7 Å². The number of unbranched alkanes of at least 4 members (excludes halogenated alkanes) is 1. The highest BCUT2D eigenvalue weighted by Crippen LogP contribution is 2.38. The Labute approximate surface area is 126 Å². The standard InChI is InChI=1S/C17H24N2O2/c1-4-6-8-12(5-2)16-15(17(18)19-21-16)13-9-7-10-14(11-13)20-3/h7,9-12H,4-6,8H2,1-3H3,(H2,18,19). The van der Waals surface area contributed by atoms with Gasteiger partial charge in [-0.1, -0.05) is 44.0 Å². The van der Waals surface area contributed by atoms with Crippen molar-refractivity contribution in [3.8, 4) is 16.9 Å². The molecule has 0 spiro atoms. The zero-order chi connectivity index (χ0) is 15.2. The van der Waals surface area contributed by atoms with Crippen LogP contribution in [0.4, 0.5) is 5.82 Å². The Morgan fingerprint density at radius 3 is 2.81 bits per heavy atom. The molecule has 2 N–H and O–H groups in total. The summed E-state index contributed by atoms with van der Waals surface area (Å²) < 4.78 is 10.9. The first-order valence-corrected chi connectivity index (χ1v) is 7.60. The first-order chi connectivity index (χ1) is 10.2. The number of methoxy groups -OCH3 is 1. The van der Waals surface area contributed by atoms with Crippen LogP contribution >= 0.6 is 0 Å². The van der Waals surface area contributed by atoms with Gasteiger partial charge in [-0.25, -0.2) is 0 Å². The van der Waals surface area contributed by atoms with Crippen LogP contribution < -0.4 is 10.5 Å². The molecule has 1 unspecified atom stereocenters. The van der Waals surface area contributed by atoms with Gasteiger partial charge in [-0.3, -0.25) is 0 Å². The molecule has 0 radical (unpaired) electrons. The summed E-state index contributed by atoms with van der Waals surface area (Å²) in [6.07, 6.45) is 4.47. The van der Waals surface area contributed by atoms with Crippen molar-refractivity contribution in [1.82, 2.24) is 5.16 Å². The topological polar surface area (TPSA) is 61.3 Å². The fraction of sp³-hybridized carbons (Fsp3) is 0.471. The molecule has 1 aromatic heterocycles. The lowest BCUT2D eigenvalue weighted by molar-refractivity contribution is 0.349. The monoisotopic (exact) mass is 288 g/mol. The highest BCUT2D eigenvalue weighted by atomic mass is 16.5. The molecule has 2 aromatic rings. The van der Waals surface area contributed by atoms with Gasteiger partial charge in [-0.05, 0) is 30.5 Å². The van der Waals surface area contributed by atoms with Crippen LogP contribution in [0.15, 0.2) is 28.8 Å². The predicted molar refractivity (Wildman–Crippen MR) is 85.5 cm³/mol. The van der Waals surface area contributed by atoms with Gasteiger partial charge in [-0.2, -0.15) is 0 Å². The molecule has 0 aliphatic carbocycles. The van der Waals surface area contributed by atoms with E-state index in [0.717, 1.165) is 35.5 Å². The number of nitrogens with zero attached hydrogens (tertiary/aromatic N) is 1. The second-order valence-corrected chi connectivity index (χ2v) is 5.29. The number of anilines is 1. The molecule has 2 rings (SSSR count). The van der Waals surface area contributed by atoms with Gasteiger partial charge in [0, 0.05) is 5.92 Å². The van der Waals surface area contributed by atoms with Crippen LogP contribution in [0, 0.1) is 0 Å². The zero-order valence-electron chi connectivity index (χ0n) is 13.1. The highest BCUT2D eigenvalue weighted by molar-refractivity contribution is 5.76. The Morgan fingerprint density at radius 2 is 2.14 bits per heavy atom. The van der Waals surface area contributed by atoms with E-state index in [1.54, 1.807) is 7.11 Å². The fourth-order valence-corrected chi connectivity index (χ4v) is 2.63. The molecular formula is C17H24N2O2. The average Bonchev–Trinajstić information content (AvgIpc) is 2.90. The fourth-order valence-electron chi connectivity index (χ4n) is 2.63. The zero-order valence-corrected chi connectivity index (χ0v) is 13.1. The summed E-state index contributed by atoms with van der Waals surface area (Å²) >= 11 is 0. The van der Waals surface area contributed by atoms with E-state index in [1.807, 2.05) is 24.3 Å². The van der Waals surface area contributed by atoms with Gasteiger partial charge in [0.1, 0.15) is 11.5 Å². The van der Waals surface area contributed by atoms with Crippen molar-refractivity contribution in [3.63, 3.8) is 0 Å². The van der Waals surface area contributed by atoms with Crippen LogP contribution in [0.5, 0.6) is 5.75 Å². The SMILES string of the molecule is CCCCC(CC)c1onc(N)c1-c1cccc(OC)c1. The molecule has 21 heavy (non-hydrogen) atoms. The van der Waals surface area contributed by atoms with Gasteiger partial charge in [0.2, 0.25) is 0 Å². The molecule has 1 heterocycles. The Hall–Kier alpha value is -1.97. The number of hydrogen-bond donors (Lipinski definition) is 1.